The number of hydrogen-bond donors (Lipinski definition) is 1. The molecule has 0 spiro atoms. The van der Waals surface area contributed by atoms with Gasteiger partial charge in [-0.1, -0.05) is 0 Å². The van der Waals surface area contributed by atoms with E-state index >= 15 is 0 Å². The van der Waals surface area contributed by atoms with Crippen molar-refractivity contribution in [1.29, 1.82) is 0 Å². The van der Waals surface area contributed by atoms with Gasteiger partial charge in [-0.2, -0.15) is 13.2 Å². The predicted molar refractivity (Wildman–Crippen MR) is 58.9 cm³/mol. The Hall–Kier alpha value is -2.11. The van der Waals surface area contributed by atoms with Crippen LogP contribution in [0.1, 0.15) is 11.3 Å². The fourth-order valence-electron chi connectivity index (χ4n) is 1.42. The summed E-state index contributed by atoms with van der Waals surface area (Å²) in [5.41, 5.74) is 4.04. The Morgan fingerprint density at radius 1 is 1.22 bits per heavy atom. The van der Waals surface area contributed by atoms with Gasteiger partial charge in [0.25, 0.3) is 0 Å². The number of ether oxygens (including phenoxy) is 1. The predicted octanol–water partition coefficient (Wildman–Crippen LogP) is 3.46. The number of halogens is 3. The van der Waals surface area contributed by atoms with Crippen molar-refractivity contribution < 1.29 is 22.3 Å². The van der Waals surface area contributed by atoms with E-state index in [1.165, 1.54) is 18.4 Å². The Balaban J connectivity index is 2.15. The molecular weight excluding hydrogens is 247 g/mol. The Bertz CT molecular complexity index is 521. The van der Waals surface area contributed by atoms with Crippen molar-refractivity contribution in [3.8, 4) is 5.75 Å². The first kappa shape index (κ1) is 12.3. The topological polar surface area (TPSA) is 48.4 Å². The molecule has 0 saturated heterocycles. The quantitative estimate of drug-likeness (QED) is 0.856. The van der Waals surface area contributed by atoms with E-state index in [2.05, 4.69) is 0 Å². The molecule has 0 aliphatic heterocycles. The lowest BCUT2D eigenvalue weighted by molar-refractivity contribution is -0.137. The molecule has 0 radical (unpaired) electrons. The molecule has 0 aliphatic rings. The minimum absolute atomic E-state index is 0.0637. The minimum atomic E-state index is -4.49. The number of furan rings is 1. The summed E-state index contributed by atoms with van der Waals surface area (Å²) < 4.78 is 48.0. The van der Waals surface area contributed by atoms with Crippen molar-refractivity contribution in [3.63, 3.8) is 0 Å². The summed E-state index contributed by atoms with van der Waals surface area (Å²) in [6.07, 6.45) is -3.03. The van der Waals surface area contributed by atoms with Crippen LogP contribution in [-0.4, -0.2) is 0 Å². The molecule has 0 saturated carbocycles. The second-order valence-electron chi connectivity index (χ2n) is 3.61. The van der Waals surface area contributed by atoms with Crippen molar-refractivity contribution in [2.45, 2.75) is 12.8 Å². The van der Waals surface area contributed by atoms with E-state index in [1.807, 2.05) is 0 Å². The zero-order valence-electron chi connectivity index (χ0n) is 9.20. The van der Waals surface area contributed by atoms with Crippen molar-refractivity contribution >= 4 is 5.69 Å². The lowest BCUT2D eigenvalue weighted by atomic mass is 10.1. The minimum Gasteiger partial charge on any atom is -0.486 e. The van der Waals surface area contributed by atoms with Crippen LogP contribution in [0.25, 0.3) is 0 Å². The largest absolute Gasteiger partial charge is 0.486 e. The summed E-state index contributed by atoms with van der Waals surface area (Å²) in [5, 5.41) is 0. The normalized spacial score (nSPS) is 11.5. The molecule has 1 aromatic carbocycles. The maximum atomic E-state index is 12.6. The van der Waals surface area contributed by atoms with E-state index in [0.717, 1.165) is 6.07 Å². The molecule has 6 heteroatoms. The molecule has 1 heterocycles. The lowest BCUT2D eigenvalue weighted by Crippen LogP contribution is -2.09. The van der Waals surface area contributed by atoms with Gasteiger partial charge >= 0.3 is 6.18 Å². The van der Waals surface area contributed by atoms with E-state index < -0.39 is 11.7 Å². The highest BCUT2D eigenvalue weighted by Crippen LogP contribution is 2.35. The number of anilines is 1. The first-order valence-electron chi connectivity index (χ1n) is 5.09. The smallest absolute Gasteiger partial charge is 0.418 e. The van der Waals surface area contributed by atoms with Gasteiger partial charge in [-0.05, 0) is 30.3 Å². The highest BCUT2D eigenvalue weighted by molar-refractivity contribution is 5.51. The number of alkyl halides is 3. The molecule has 0 bridgehead atoms. The van der Waals surface area contributed by atoms with Gasteiger partial charge in [-0.15, -0.1) is 0 Å². The van der Waals surface area contributed by atoms with Crippen LogP contribution in [-0.2, 0) is 12.8 Å². The van der Waals surface area contributed by atoms with Crippen molar-refractivity contribution in [2.24, 2.45) is 0 Å². The Morgan fingerprint density at radius 3 is 2.61 bits per heavy atom. The van der Waals surface area contributed by atoms with E-state index in [1.54, 1.807) is 12.1 Å². The summed E-state index contributed by atoms with van der Waals surface area (Å²) >= 11 is 0. The molecule has 0 amide bonds. The standard InChI is InChI=1S/C12H10F3NO2/c13-12(14,15)10-6-8(3-4-11(10)16)18-7-9-2-1-5-17-9/h1-6H,7,16H2. The number of hydrogen-bond acceptors (Lipinski definition) is 3. The number of nitrogens with two attached hydrogens (primary N) is 1. The molecular formula is C12H10F3NO2. The van der Waals surface area contributed by atoms with Gasteiger partial charge in [0, 0.05) is 5.69 Å². The first-order chi connectivity index (χ1) is 8.47. The van der Waals surface area contributed by atoms with Crippen molar-refractivity contribution in [2.75, 3.05) is 5.73 Å². The highest BCUT2D eigenvalue weighted by Gasteiger charge is 2.33. The summed E-state index contributed by atoms with van der Waals surface area (Å²) in [4.78, 5) is 0. The molecule has 18 heavy (non-hydrogen) atoms. The monoisotopic (exact) mass is 257 g/mol. The third-order valence-electron chi connectivity index (χ3n) is 2.29. The number of nitrogen functional groups attached to an aromatic ring is 1. The van der Waals surface area contributed by atoms with Crippen LogP contribution < -0.4 is 10.5 Å². The summed E-state index contributed by atoms with van der Waals surface area (Å²) in [5.74, 6) is 0.619. The zero-order valence-corrected chi connectivity index (χ0v) is 9.20. The van der Waals surface area contributed by atoms with Gasteiger partial charge in [-0.3, -0.25) is 0 Å². The van der Waals surface area contributed by atoms with Gasteiger partial charge in [-0.25, -0.2) is 0 Å². The number of benzene rings is 1. The molecule has 0 unspecified atom stereocenters. The Morgan fingerprint density at radius 2 is 2.00 bits per heavy atom. The molecule has 3 nitrogen and oxygen atoms in total. The van der Waals surface area contributed by atoms with Gasteiger partial charge in [0.1, 0.15) is 18.1 Å². The Kier molecular flexibility index (Phi) is 3.18. The van der Waals surface area contributed by atoms with E-state index in [-0.39, 0.29) is 18.0 Å². The first-order valence-corrected chi connectivity index (χ1v) is 5.09. The van der Waals surface area contributed by atoms with Gasteiger partial charge in [0.15, 0.2) is 0 Å². The van der Waals surface area contributed by atoms with Crippen LogP contribution in [0.2, 0.25) is 0 Å². The maximum Gasteiger partial charge on any atom is 0.418 e. The third-order valence-corrected chi connectivity index (χ3v) is 2.29. The summed E-state index contributed by atoms with van der Waals surface area (Å²) in [6, 6.07) is 6.76. The van der Waals surface area contributed by atoms with Crippen molar-refractivity contribution in [3.05, 3.63) is 47.9 Å². The van der Waals surface area contributed by atoms with Crippen LogP contribution in [0.15, 0.2) is 41.0 Å². The Labute approximate surface area is 101 Å². The van der Waals surface area contributed by atoms with Crippen LogP contribution in [0, 0.1) is 0 Å². The average Bonchev–Trinajstić information content (AvgIpc) is 2.79. The van der Waals surface area contributed by atoms with Gasteiger partial charge in [0.2, 0.25) is 0 Å². The van der Waals surface area contributed by atoms with Gasteiger partial charge in [0.05, 0.1) is 11.8 Å². The zero-order chi connectivity index (χ0) is 13.2. The van der Waals surface area contributed by atoms with Gasteiger partial charge < -0.3 is 14.9 Å². The molecule has 0 fully saturated rings. The van der Waals surface area contributed by atoms with Crippen molar-refractivity contribution in [1.82, 2.24) is 0 Å². The third kappa shape index (κ3) is 2.77. The molecule has 1 aromatic heterocycles. The fourth-order valence-corrected chi connectivity index (χ4v) is 1.42. The van der Waals surface area contributed by atoms with E-state index in [4.69, 9.17) is 14.9 Å². The number of rotatable bonds is 3. The van der Waals surface area contributed by atoms with Crippen LogP contribution in [0.3, 0.4) is 0 Å². The van der Waals surface area contributed by atoms with E-state index in [9.17, 15) is 13.2 Å². The average molecular weight is 257 g/mol. The maximum absolute atomic E-state index is 12.6. The second kappa shape index (κ2) is 4.64. The SMILES string of the molecule is Nc1ccc(OCc2ccco2)cc1C(F)(F)F. The second-order valence-corrected chi connectivity index (χ2v) is 3.61. The van der Waals surface area contributed by atoms with Crippen LogP contribution in [0.4, 0.5) is 18.9 Å². The highest BCUT2D eigenvalue weighted by atomic mass is 19.4. The summed E-state index contributed by atoms with van der Waals surface area (Å²) in [7, 11) is 0. The van der Waals surface area contributed by atoms with Crippen LogP contribution >= 0.6 is 0 Å². The molecule has 0 atom stereocenters. The molecule has 2 N–H and O–H groups in total. The van der Waals surface area contributed by atoms with E-state index in [0.29, 0.717) is 5.76 Å². The molecule has 0 aliphatic carbocycles. The summed E-state index contributed by atoms with van der Waals surface area (Å²) in [6.45, 7) is 0.0637. The van der Waals surface area contributed by atoms with Crippen LogP contribution in [0.5, 0.6) is 5.75 Å². The lowest BCUT2D eigenvalue weighted by Gasteiger charge is -2.12. The fraction of sp³-hybridized carbons (Fsp3) is 0.167. The molecule has 96 valence electrons. The molecule has 2 aromatic rings. The molecule has 2 rings (SSSR count).